The van der Waals surface area contributed by atoms with Crippen LogP contribution in [0.5, 0.6) is 0 Å². The maximum absolute atomic E-state index is 12.9. The molecule has 2 aromatic carbocycles. The Bertz CT molecular complexity index is 738. The SMILES string of the molecule is CCCNC(=O)[C@@H](C)N(Cc1ccc(Br)cc1)C(=O)CSc1ccccc1. The first-order chi connectivity index (χ1) is 13.0. The van der Waals surface area contributed by atoms with Crippen molar-refractivity contribution in [3.63, 3.8) is 0 Å². The highest BCUT2D eigenvalue weighted by atomic mass is 79.9. The van der Waals surface area contributed by atoms with Crippen LogP contribution in [-0.4, -0.2) is 35.1 Å². The Hall–Kier alpha value is -1.79. The second-order valence-corrected chi connectivity index (χ2v) is 8.18. The third-order valence-corrected chi connectivity index (χ3v) is 5.61. The lowest BCUT2D eigenvalue weighted by atomic mass is 10.1. The summed E-state index contributed by atoms with van der Waals surface area (Å²) in [4.78, 5) is 28.1. The smallest absolute Gasteiger partial charge is 0.242 e. The normalized spacial score (nSPS) is 11.7. The van der Waals surface area contributed by atoms with Crippen molar-refractivity contribution in [1.82, 2.24) is 10.2 Å². The van der Waals surface area contributed by atoms with E-state index in [1.165, 1.54) is 11.8 Å². The zero-order valence-corrected chi connectivity index (χ0v) is 18.1. The van der Waals surface area contributed by atoms with Gasteiger partial charge in [-0.3, -0.25) is 9.59 Å². The predicted octanol–water partition coefficient (Wildman–Crippen LogP) is 4.48. The summed E-state index contributed by atoms with van der Waals surface area (Å²) in [5, 5.41) is 2.89. The Morgan fingerprint density at radius 1 is 1.11 bits per heavy atom. The summed E-state index contributed by atoms with van der Waals surface area (Å²) in [6.45, 7) is 4.81. The van der Waals surface area contributed by atoms with E-state index in [0.29, 0.717) is 18.8 Å². The molecule has 0 saturated carbocycles. The van der Waals surface area contributed by atoms with Crippen molar-refractivity contribution >= 4 is 39.5 Å². The van der Waals surface area contributed by atoms with Crippen molar-refractivity contribution in [1.29, 1.82) is 0 Å². The van der Waals surface area contributed by atoms with Gasteiger partial charge in [0.25, 0.3) is 0 Å². The van der Waals surface area contributed by atoms with Crippen LogP contribution in [0.2, 0.25) is 0 Å². The van der Waals surface area contributed by atoms with Gasteiger partial charge in [-0.25, -0.2) is 0 Å². The third kappa shape index (κ3) is 7.03. The lowest BCUT2D eigenvalue weighted by Gasteiger charge is -2.28. The average Bonchev–Trinajstić information content (AvgIpc) is 2.70. The standard InChI is InChI=1S/C21H25BrN2O2S/c1-3-13-23-21(26)16(2)24(14-17-9-11-18(22)12-10-17)20(25)15-27-19-7-5-4-6-8-19/h4-12,16H,3,13-15H2,1-2H3,(H,23,26)/t16-/m1/s1. The van der Waals surface area contributed by atoms with E-state index in [4.69, 9.17) is 0 Å². The molecule has 2 rings (SSSR count). The highest BCUT2D eigenvalue weighted by Gasteiger charge is 2.25. The van der Waals surface area contributed by atoms with Gasteiger partial charge < -0.3 is 10.2 Å². The Kier molecular flexibility index (Phi) is 8.88. The molecular formula is C21H25BrN2O2S. The lowest BCUT2D eigenvalue weighted by molar-refractivity contribution is -0.138. The molecule has 0 radical (unpaired) electrons. The van der Waals surface area contributed by atoms with Crippen molar-refractivity contribution in [2.75, 3.05) is 12.3 Å². The van der Waals surface area contributed by atoms with Crippen LogP contribution < -0.4 is 5.32 Å². The van der Waals surface area contributed by atoms with E-state index >= 15 is 0 Å². The van der Waals surface area contributed by atoms with E-state index in [1.54, 1.807) is 11.8 Å². The number of nitrogens with zero attached hydrogens (tertiary/aromatic N) is 1. The van der Waals surface area contributed by atoms with Crippen LogP contribution in [0.3, 0.4) is 0 Å². The Morgan fingerprint density at radius 2 is 1.78 bits per heavy atom. The number of rotatable bonds is 9. The minimum atomic E-state index is -0.524. The minimum absolute atomic E-state index is 0.0501. The summed E-state index contributed by atoms with van der Waals surface area (Å²) >= 11 is 4.91. The molecule has 0 aliphatic heterocycles. The molecule has 1 atom stereocenters. The number of amides is 2. The molecule has 0 unspecified atom stereocenters. The quantitative estimate of drug-likeness (QED) is 0.575. The zero-order chi connectivity index (χ0) is 19.6. The topological polar surface area (TPSA) is 49.4 Å². The third-order valence-electron chi connectivity index (χ3n) is 4.09. The Balaban J connectivity index is 2.10. The fraction of sp³-hybridized carbons (Fsp3) is 0.333. The molecular weight excluding hydrogens is 424 g/mol. The fourth-order valence-corrected chi connectivity index (χ4v) is 3.58. The molecule has 4 nitrogen and oxygen atoms in total. The summed E-state index contributed by atoms with van der Waals surface area (Å²) in [6.07, 6.45) is 0.864. The Morgan fingerprint density at radius 3 is 2.41 bits per heavy atom. The molecule has 0 heterocycles. The molecule has 2 aromatic rings. The number of carbonyl (C=O) groups is 2. The first-order valence-corrected chi connectivity index (χ1v) is 10.8. The molecule has 0 aliphatic rings. The van der Waals surface area contributed by atoms with Gasteiger partial charge in [0.05, 0.1) is 5.75 Å². The van der Waals surface area contributed by atoms with Gasteiger partial charge in [0.15, 0.2) is 0 Å². The van der Waals surface area contributed by atoms with Crippen LogP contribution in [0.25, 0.3) is 0 Å². The molecule has 0 saturated heterocycles. The molecule has 0 fully saturated rings. The number of nitrogens with one attached hydrogen (secondary N) is 1. The van der Waals surface area contributed by atoms with Gasteiger partial charge in [-0.1, -0.05) is 53.2 Å². The van der Waals surface area contributed by atoms with Gasteiger partial charge in [-0.05, 0) is 43.2 Å². The summed E-state index contributed by atoms with van der Waals surface area (Å²) in [7, 11) is 0. The predicted molar refractivity (Wildman–Crippen MR) is 115 cm³/mol. The second-order valence-electron chi connectivity index (χ2n) is 6.22. The first kappa shape index (κ1) is 21.5. The van der Waals surface area contributed by atoms with Crippen molar-refractivity contribution in [2.24, 2.45) is 0 Å². The van der Waals surface area contributed by atoms with Crippen molar-refractivity contribution in [2.45, 2.75) is 37.8 Å². The summed E-state index contributed by atoms with van der Waals surface area (Å²) in [6, 6.07) is 17.1. The van der Waals surface area contributed by atoms with Crippen molar-refractivity contribution < 1.29 is 9.59 Å². The van der Waals surface area contributed by atoms with Gasteiger partial charge in [0, 0.05) is 22.5 Å². The van der Waals surface area contributed by atoms with E-state index < -0.39 is 6.04 Å². The van der Waals surface area contributed by atoms with Gasteiger partial charge in [-0.2, -0.15) is 0 Å². The summed E-state index contributed by atoms with van der Waals surface area (Å²) in [5.74, 6) is 0.129. The van der Waals surface area contributed by atoms with Crippen LogP contribution in [0.15, 0.2) is 64.0 Å². The molecule has 0 aromatic heterocycles. The maximum atomic E-state index is 12.9. The monoisotopic (exact) mass is 448 g/mol. The molecule has 0 spiro atoms. The van der Waals surface area contributed by atoms with E-state index in [2.05, 4.69) is 21.2 Å². The van der Waals surface area contributed by atoms with Gasteiger partial charge in [-0.15, -0.1) is 11.8 Å². The molecule has 0 aliphatic carbocycles. The molecule has 144 valence electrons. The van der Waals surface area contributed by atoms with Crippen molar-refractivity contribution in [3.05, 3.63) is 64.6 Å². The van der Waals surface area contributed by atoms with Crippen LogP contribution >= 0.6 is 27.7 Å². The largest absolute Gasteiger partial charge is 0.354 e. The number of hydrogen-bond donors (Lipinski definition) is 1. The molecule has 1 N–H and O–H groups in total. The highest BCUT2D eigenvalue weighted by Crippen LogP contribution is 2.20. The number of benzene rings is 2. The van der Waals surface area contributed by atoms with Crippen LogP contribution in [-0.2, 0) is 16.1 Å². The van der Waals surface area contributed by atoms with E-state index in [0.717, 1.165) is 21.4 Å². The fourth-order valence-electron chi connectivity index (χ4n) is 2.51. The molecule has 27 heavy (non-hydrogen) atoms. The van der Waals surface area contributed by atoms with Crippen LogP contribution in [0, 0.1) is 0 Å². The minimum Gasteiger partial charge on any atom is -0.354 e. The summed E-state index contributed by atoms with van der Waals surface area (Å²) < 4.78 is 0.984. The van der Waals surface area contributed by atoms with Gasteiger partial charge >= 0.3 is 0 Å². The van der Waals surface area contributed by atoms with E-state index in [9.17, 15) is 9.59 Å². The number of halogens is 1. The van der Waals surface area contributed by atoms with E-state index in [-0.39, 0.29) is 11.8 Å². The van der Waals surface area contributed by atoms with Crippen LogP contribution in [0.1, 0.15) is 25.8 Å². The van der Waals surface area contributed by atoms with E-state index in [1.807, 2.05) is 61.5 Å². The Labute approximate surface area is 173 Å². The molecule has 2 amide bonds. The second kappa shape index (κ2) is 11.1. The number of thioether (sulfide) groups is 1. The average molecular weight is 449 g/mol. The highest BCUT2D eigenvalue weighted by molar-refractivity contribution is 9.10. The summed E-state index contributed by atoms with van der Waals surface area (Å²) in [5.41, 5.74) is 0.992. The number of carbonyl (C=O) groups excluding carboxylic acids is 2. The van der Waals surface area contributed by atoms with Gasteiger partial charge in [0.2, 0.25) is 11.8 Å². The molecule has 6 heteroatoms. The molecule has 0 bridgehead atoms. The van der Waals surface area contributed by atoms with Gasteiger partial charge in [0.1, 0.15) is 6.04 Å². The first-order valence-electron chi connectivity index (χ1n) is 9.00. The lowest BCUT2D eigenvalue weighted by Crippen LogP contribution is -2.48. The maximum Gasteiger partial charge on any atom is 0.242 e. The van der Waals surface area contributed by atoms with Crippen molar-refractivity contribution in [3.8, 4) is 0 Å². The number of hydrogen-bond acceptors (Lipinski definition) is 3. The zero-order valence-electron chi connectivity index (χ0n) is 15.7. The van der Waals surface area contributed by atoms with Crippen LogP contribution in [0.4, 0.5) is 0 Å².